The maximum Gasteiger partial charge on any atom is 0.149 e. The van der Waals surface area contributed by atoms with Crippen LogP contribution in [0.2, 0.25) is 5.15 Å². The van der Waals surface area contributed by atoms with Crippen molar-refractivity contribution in [2.24, 2.45) is 0 Å². The van der Waals surface area contributed by atoms with E-state index in [0.717, 1.165) is 11.3 Å². The predicted molar refractivity (Wildman–Crippen MR) is 76.7 cm³/mol. The van der Waals surface area contributed by atoms with Crippen molar-refractivity contribution in [1.82, 2.24) is 9.97 Å². The van der Waals surface area contributed by atoms with Gasteiger partial charge in [-0.25, -0.2) is 4.98 Å². The van der Waals surface area contributed by atoms with Gasteiger partial charge in [0, 0.05) is 6.04 Å². The smallest absolute Gasteiger partial charge is 0.149 e. The van der Waals surface area contributed by atoms with Crippen molar-refractivity contribution in [1.29, 1.82) is 0 Å². The van der Waals surface area contributed by atoms with Gasteiger partial charge in [-0.3, -0.25) is 4.98 Å². The van der Waals surface area contributed by atoms with E-state index >= 15 is 0 Å². The molecule has 100 valence electrons. The third-order valence-electron chi connectivity index (χ3n) is 2.66. The van der Waals surface area contributed by atoms with Gasteiger partial charge in [-0.15, -0.1) is 0 Å². The van der Waals surface area contributed by atoms with Gasteiger partial charge in [0.15, 0.2) is 0 Å². The highest BCUT2D eigenvalue weighted by atomic mass is 35.5. The second kappa shape index (κ2) is 6.38. The van der Waals surface area contributed by atoms with E-state index in [-0.39, 0.29) is 6.04 Å². The summed E-state index contributed by atoms with van der Waals surface area (Å²) in [5, 5.41) is 3.63. The number of hydrogen-bond acceptors (Lipinski definition) is 4. The van der Waals surface area contributed by atoms with Gasteiger partial charge in [-0.2, -0.15) is 0 Å². The topological polar surface area (TPSA) is 47.0 Å². The van der Waals surface area contributed by atoms with Crippen LogP contribution in [-0.4, -0.2) is 16.6 Å². The fourth-order valence-electron chi connectivity index (χ4n) is 1.74. The quantitative estimate of drug-likeness (QED) is 0.905. The predicted octanol–water partition coefficient (Wildman–Crippen LogP) is 3.70. The number of hydrogen-bond donors (Lipinski definition) is 1. The third kappa shape index (κ3) is 3.83. The number of aromatic nitrogens is 2. The molecule has 0 unspecified atom stereocenters. The summed E-state index contributed by atoms with van der Waals surface area (Å²) < 4.78 is 5.41. The fourth-order valence-corrected chi connectivity index (χ4v) is 1.88. The lowest BCUT2D eigenvalue weighted by atomic mass is 10.1. The molecule has 0 saturated carbocycles. The van der Waals surface area contributed by atoms with E-state index in [1.807, 2.05) is 31.2 Å². The molecule has 2 aromatic rings. The molecule has 1 aromatic carbocycles. The second-order valence-corrected chi connectivity index (χ2v) is 4.48. The van der Waals surface area contributed by atoms with Crippen molar-refractivity contribution in [3.05, 3.63) is 47.4 Å². The number of benzene rings is 1. The molecule has 1 atom stereocenters. The molecule has 19 heavy (non-hydrogen) atoms. The van der Waals surface area contributed by atoms with Crippen LogP contribution < -0.4 is 10.1 Å². The molecule has 0 spiro atoms. The highest BCUT2D eigenvalue weighted by Gasteiger charge is 2.06. The van der Waals surface area contributed by atoms with Crippen LogP contribution in [0.5, 0.6) is 5.75 Å². The average Bonchev–Trinajstić information content (AvgIpc) is 2.40. The molecule has 0 aliphatic carbocycles. The summed E-state index contributed by atoms with van der Waals surface area (Å²) >= 11 is 5.80. The van der Waals surface area contributed by atoms with Crippen molar-refractivity contribution in [3.8, 4) is 5.75 Å². The van der Waals surface area contributed by atoms with Crippen molar-refractivity contribution in [2.45, 2.75) is 19.9 Å². The summed E-state index contributed by atoms with van der Waals surface area (Å²) in [5.74, 6) is 1.54. The van der Waals surface area contributed by atoms with Crippen molar-refractivity contribution < 1.29 is 4.74 Å². The second-order valence-electron chi connectivity index (χ2n) is 4.10. The Morgan fingerprint density at radius 2 is 2.00 bits per heavy atom. The molecule has 0 bridgehead atoms. The molecule has 0 aliphatic heterocycles. The Hall–Kier alpha value is -1.81. The highest BCUT2D eigenvalue weighted by Crippen LogP contribution is 2.21. The molecule has 4 nitrogen and oxygen atoms in total. The van der Waals surface area contributed by atoms with Crippen molar-refractivity contribution in [2.75, 3.05) is 11.9 Å². The molecular weight excluding hydrogens is 262 g/mol. The average molecular weight is 278 g/mol. The molecular formula is C14H16ClN3O. The number of nitrogens with zero attached hydrogens (tertiary/aromatic N) is 2. The van der Waals surface area contributed by atoms with E-state index in [9.17, 15) is 0 Å². The van der Waals surface area contributed by atoms with Crippen LogP contribution in [0.4, 0.5) is 5.82 Å². The SMILES string of the molecule is CCOc1ccc([C@H](C)Nc2cncc(Cl)n2)cc1. The minimum Gasteiger partial charge on any atom is -0.494 e. The molecule has 0 fully saturated rings. The Balaban J connectivity index is 2.05. The minimum absolute atomic E-state index is 0.114. The van der Waals surface area contributed by atoms with Gasteiger partial charge in [0.05, 0.1) is 19.0 Å². The molecule has 5 heteroatoms. The number of anilines is 1. The number of rotatable bonds is 5. The Morgan fingerprint density at radius 1 is 1.26 bits per heavy atom. The molecule has 2 rings (SSSR count). The molecule has 0 aliphatic rings. The van der Waals surface area contributed by atoms with Gasteiger partial charge >= 0.3 is 0 Å². The first-order chi connectivity index (χ1) is 9.19. The molecule has 1 N–H and O–H groups in total. The van der Waals surface area contributed by atoms with Gasteiger partial charge < -0.3 is 10.1 Å². The summed E-state index contributed by atoms with van der Waals surface area (Å²) in [6, 6.07) is 8.09. The van der Waals surface area contributed by atoms with Crippen LogP contribution >= 0.6 is 11.6 Å². The first-order valence-electron chi connectivity index (χ1n) is 6.16. The maximum absolute atomic E-state index is 5.80. The normalized spacial score (nSPS) is 11.9. The third-order valence-corrected chi connectivity index (χ3v) is 2.84. The van der Waals surface area contributed by atoms with E-state index < -0.39 is 0 Å². The summed E-state index contributed by atoms with van der Waals surface area (Å²) in [6.45, 7) is 4.69. The van der Waals surface area contributed by atoms with E-state index in [1.54, 1.807) is 6.20 Å². The van der Waals surface area contributed by atoms with Gasteiger partial charge in [0.1, 0.15) is 16.7 Å². The lowest BCUT2D eigenvalue weighted by Gasteiger charge is -2.15. The first-order valence-corrected chi connectivity index (χ1v) is 6.53. The van der Waals surface area contributed by atoms with E-state index in [1.165, 1.54) is 6.20 Å². The van der Waals surface area contributed by atoms with Crippen LogP contribution in [0.1, 0.15) is 25.5 Å². The van der Waals surface area contributed by atoms with Crippen molar-refractivity contribution in [3.63, 3.8) is 0 Å². The van der Waals surface area contributed by atoms with Gasteiger partial charge in [-0.05, 0) is 31.5 Å². The van der Waals surface area contributed by atoms with Crippen LogP contribution in [0.3, 0.4) is 0 Å². The number of halogens is 1. The number of nitrogens with one attached hydrogen (secondary N) is 1. The van der Waals surface area contributed by atoms with Crippen molar-refractivity contribution >= 4 is 17.4 Å². The zero-order valence-corrected chi connectivity index (χ0v) is 11.7. The zero-order chi connectivity index (χ0) is 13.7. The summed E-state index contributed by atoms with van der Waals surface area (Å²) in [6.07, 6.45) is 3.16. The highest BCUT2D eigenvalue weighted by molar-refractivity contribution is 6.29. The van der Waals surface area contributed by atoms with Crippen LogP contribution in [0.25, 0.3) is 0 Å². The van der Waals surface area contributed by atoms with Crippen LogP contribution in [0.15, 0.2) is 36.7 Å². The van der Waals surface area contributed by atoms with Gasteiger partial charge in [0.25, 0.3) is 0 Å². The first kappa shape index (κ1) is 13.6. The Kier molecular flexibility index (Phi) is 4.58. The van der Waals surface area contributed by atoms with Gasteiger partial charge in [0.2, 0.25) is 0 Å². The van der Waals surface area contributed by atoms with Crippen LogP contribution in [-0.2, 0) is 0 Å². The molecule has 1 heterocycles. The maximum atomic E-state index is 5.80. The lowest BCUT2D eigenvalue weighted by Crippen LogP contribution is -2.08. The standard InChI is InChI=1S/C14H16ClN3O/c1-3-19-12-6-4-11(5-7-12)10(2)17-14-9-16-8-13(15)18-14/h4-10H,3H2,1-2H3,(H,17,18)/t10-/m0/s1. The van der Waals surface area contributed by atoms with Gasteiger partial charge in [-0.1, -0.05) is 23.7 Å². The van der Waals surface area contributed by atoms with E-state index in [4.69, 9.17) is 16.3 Å². The molecule has 0 saturated heterocycles. The molecule has 0 amide bonds. The molecule has 0 radical (unpaired) electrons. The Labute approximate surface area is 117 Å². The Morgan fingerprint density at radius 3 is 2.63 bits per heavy atom. The fraction of sp³-hybridized carbons (Fsp3) is 0.286. The van der Waals surface area contributed by atoms with Crippen LogP contribution in [0, 0.1) is 0 Å². The lowest BCUT2D eigenvalue weighted by molar-refractivity contribution is 0.340. The Bertz CT molecular complexity index is 530. The minimum atomic E-state index is 0.114. The zero-order valence-electron chi connectivity index (χ0n) is 10.9. The van der Waals surface area contributed by atoms with E-state index in [0.29, 0.717) is 17.6 Å². The monoisotopic (exact) mass is 277 g/mol. The van der Waals surface area contributed by atoms with E-state index in [2.05, 4.69) is 22.2 Å². The summed E-state index contributed by atoms with van der Waals surface area (Å²) in [7, 11) is 0. The molecule has 1 aromatic heterocycles. The summed E-state index contributed by atoms with van der Waals surface area (Å²) in [4.78, 5) is 8.15. The number of ether oxygens (including phenoxy) is 1. The largest absolute Gasteiger partial charge is 0.494 e. The summed E-state index contributed by atoms with van der Waals surface area (Å²) in [5.41, 5.74) is 1.14.